The molecule has 0 radical (unpaired) electrons. The first-order valence-electron chi connectivity index (χ1n) is 7.22. The second-order valence-corrected chi connectivity index (χ2v) is 5.67. The van der Waals surface area contributed by atoms with Crippen molar-refractivity contribution in [3.8, 4) is 6.07 Å². The van der Waals surface area contributed by atoms with E-state index in [2.05, 4.69) is 21.6 Å². The second-order valence-electron chi connectivity index (χ2n) is 5.67. The van der Waals surface area contributed by atoms with Crippen molar-refractivity contribution in [2.45, 2.75) is 19.8 Å². The maximum atomic E-state index is 11.4. The van der Waals surface area contributed by atoms with Crippen molar-refractivity contribution < 1.29 is 4.92 Å². The van der Waals surface area contributed by atoms with Crippen LogP contribution in [0.4, 0.5) is 11.5 Å². The van der Waals surface area contributed by atoms with Gasteiger partial charge in [-0.1, -0.05) is 32.0 Å². The number of nitrogens with one attached hydrogen (secondary N) is 2. The molecule has 0 amide bonds. The van der Waals surface area contributed by atoms with Gasteiger partial charge in [-0.2, -0.15) is 10.4 Å². The molecule has 0 fully saturated rings. The number of H-pyrrole nitrogens is 1. The van der Waals surface area contributed by atoms with Crippen molar-refractivity contribution in [1.82, 2.24) is 10.2 Å². The summed E-state index contributed by atoms with van der Waals surface area (Å²) in [4.78, 5) is 11.0. The average molecular weight is 309 g/mol. The summed E-state index contributed by atoms with van der Waals surface area (Å²) in [5, 5.41) is 31.2. The summed E-state index contributed by atoms with van der Waals surface area (Å²) in [5.74, 6) is 0.246. The number of anilines is 1. The molecular weight excluding hydrogens is 294 g/mol. The van der Waals surface area contributed by atoms with E-state index in [1.165, 1.54) is 6.07 Å². The fourth-order valence-corrected chi connectivity index (χ4v) is 2.93. The van der Waals surface area contributed by atoms with Crippen molar-refractivity contribution in [3.63, 3.8) is 0 Å². The van der Waals surface area contributed by atoms with Crippen molar-refractivity contribution >= 4 is 11.5 Å². The van der Waals surface area contributed by atoms with Gasteiger partial charge in [0, 0.05) is 22.9 Å². The number of hydrogen-bond acceptors (Lipinski definition) is 5. The Labute approximate surface area is 132 Å². The first-order chi connectivity index (χ1) is 11.0. The highest BCUT2D eigenvalue weighted by Crippen LogP contribution is 2.44. The standard InChI is InChI=1S/C16H15N5O2/c1-9(2)15-11(7-17)14(12-8-18-20-16(12)19-15)10-5-3-4-6-13(10)21(22)23/h3-6,8-9,14H,1-2H3,(H2,18,19,20). The maximum Gasteiger partial charge on any atom is 0.273 e. The molecule has 0 aliphatic carbocycles. The van der Waals surface area contributed by atoms with Crippen LogP contribution >= 0.6 is 0 Å². The van der Waals surface area contributed by atoms with E-state index >= 15 is 0 Å². The monoisotopic (exact) mass is 309 g/mol. The molecule has 7 nitrogen and oxygen atoms in total. The molecule has 1 atom stereocenters. The largest absolute Gasteiger partial charge is 0.343 e. The molecule has 2 heterocycles. The van der Waals surface area contributed by atoms with E-state index in [9.17, 15) is 15.4 Å². The zero-order valence-corrected chi connectivity index (χ0v) is 12.7. The van der Waals surface area contributed by atoms with Gasteiger partial charge in [0.15, 0.2) is 0 Å². The van der Waals surface area contributed by atoms with Gasteiger partial charge in [-0.25, -0.2) is 0 Å². The summed E-state index contributed by atoms with van der Waals surface area (Å²) in [6.45, 7) is 3.94. The molecule has 2 N–H and O–H groups in total. The lowest BCUT2D eigenvalue weighted by Gasteiger charge is -2.27. The highest BCUT2D eigenvalue weighted by atomic mass is 16.6. The van der Waals surface area contributed by atoms with Crippen LogP contribution in [0.5, 0.6) is 0 Å². The summed E-state index contributed by atoms with van der Waals surface area (Å²) in [5.41, 5.74) is 2.48. The Balaban J connectivity index is 2.29. The van der Waals surface area contributed by atoms with E-state index in [1.807, 2.05) is 13.8 Å². The molecule has 0 spiro atoms. The Kier molecular flexibility index (Phi) is 3.58. The zero-order chi connectivity index (χ0) is 16.6. The lowest BCUT2D eigenvalue weighted by atomic mass is 9.81. The predicted octanol–water partition coefficient (Wildman–Crippen LogP) is 3.31. The number of rotatable bonds is 3. The van der Waals surface area contributed by atoms with Gasteiger partial charge >= 0.3 is 0 Å². The van der Waals surface area contributed by atoms with Crippen molar-refractivity contribution in [2.24, 2.45) is 5.92 Å². The van der Waals surface area contributed by atoms with Gasteiger partial charge in [0.05, 0.1) is 28.7 Å². The van der Waals surface area contributed by atoms with Crippen molar-refractivity contribution in [1.29, 1.82) is 5.26 Å². The normalized spacial score (nSPS) is 16.7. The van der Waals surface area contributed by atoms with Gasteiger partial charge in [-0.3, -0.25) is 15.2 Å². The molecule has 1 aromatic carbocycles. The van der Waals surface area contributed by atoms with Crippen LogP contribution in [0, 0.1) is 27.4 Å². The van der Waals surface area contributed by atoms with E-state index in [4.69, 9.17) is 0 Å². The molecule has 23 heavy (non-hydrogen) atoms. The molecule has 1 aromatic heterocycles. The molecule has 116 valence electrons. The Morgan fingerprint density at radius 1 is 1.35 bits per heavy atom. The van der Waals surface area contributed by atoms with E-state index in [0.29, 0.717) is 17.0 Å². The van der Waals surface area contributed by atoms with Crippen LogP contribution < -0.4 is 5.32 Å². The second kappa shape index (κ2) is 5.57. The summed E-state index contributed by atoms with van der Waals surface area (Å²) >= 11 is 0. The van der Waals surface area contributed by atoms with Gasteiger partial charge in [0.25, 0.3) is 5.69 Å². The number of aromatic amines is 1. The first kappa shape index (κ1) is 14.8. The number of nitrogens with zero attached hydrogens (tertiary/aromatic N) is 3. The van der Waals surface area contributed by atoms with E-state index in [0.717, 1.165) is 11.3 Å². The minimum atomic E-state index is -0.506. The molecule has 7 heteroatoms. The van der Waals surface area contributed by atoms with Crippen LogP contribution in [0.1, 0.15) is 30.9 Å². The predicted molar refractivity (Wildman–Crippen MR) is 84.6 cm³/mol. The molecule has 2 aromatic rings. The van der Waals surface area contributed by atoms with Gasteiger partial charge in [-0.05, 0) is 5.92 Å². The van der Waals surface area contributed by atoms with Gasteiger partial charge in [0.1, 0.15) is 5.82 Å². The fraction of sp³-hybridized carbons (Fsp3) is 0.250. The number of nitriles is 1. The summed E-state index contributed by atoms with van der Waals surface area (Å²) in [6, 6.07) is 8.76. The lowest BCUT2D eigenvalue weighted by Crippen LogP contribution is -2.21. The summed E-state index contributed by atoms with van der Waals surface area (Å²) in [6.07, 6.45) is 1.61. The molecule has 1 aliphatic rings. The van der Waals surface area contributed by atoms with Crippen molar-refractivity contribution in [2.75, 3.05) is 5.32 Å². The minimum Gasteiger partial charge on any atom is -0.343 e. The first-order valence-corrected chi connectivity index (χ1v) is 7.22. The van der Waals surface area contributed by atoms with E-state index in [1.54, 1.807) is 24.4 Å². The number of nitro benzene ring substituents is 1. The Hall–Kier alpha value is -3.14. The topological polar surface area (TPSA) is 108 Å². The number of nitro groups is 1. The third-order valence-corrected chi connectivity index (χ3v) is 3.96. The quantitative estimate of drug-likeness (QED) is 0.668. The van der Waals surface area contributed by atoms with Crippen LogP contribution in [0.15, 0.2) is 41.7 Å². The van der Waals surface area contributed by atoms with Crippen LogP contribution in [-0.4, -0.2) is 15.1 Å². The third kappa shape index (κ3) is 2.34. The Bertz CT molecular complexity index is 844. The third-order valence-electron chi connectivity index (χ3n) is 3.96. The van der Waals surface area contributed by atoms with Gasteiger partial charge in [-0.15, -0.1) is 0 Å². The SMILES string of the molecule is CC(C)C1=C(C#N)C(c2ccccc2[N+](=O)[O-])c2cn[nH]c2N1. The molecule has 3 rings (SSSR count). The zero-order valence-electron chi connectivity index (χ0n) is 12.7. The smallest absolute Gasteiger partial charge is 0.273 e. The fourth-order valence-electron chi connectivity index (χ4n) is 2.93. The molecular formula is C16H15N5O2. The van der Waals surface area contributed by atoms with Crippen LogP contribution in [0.2, 0.25) is 0 Å². The van der Waals surface area contributed by atoms with Crippen LogP contribution in [0.25, 0.3) is 0 Å². The maximum absolute atomic E-state index is 11.4. The van der Waals surface area contributed by atoms with Gasteiger partial charge in [0.2, 0.25) is 0 Å². The number of hydrogen-bond donors (Lipinski definition) is 2. The Morgan fingerprint density at radius 2 is 2.09 bits per heavy atom. The van der Waals surface area contributed by atoms with Crippen LogP contribution in [-0.2, 0) is 0 Å². The lowest BCUT2D eigenvalue weighted by molar-refractivity contribution is -0.385. The molecule has 0 saturated carbocycles. The minimum absolute atomic E-state index is 0.00223. The number of fused-ring (bicyclic) bond motifs is 1. The molecule has 0 bridgehead atoms. The number of aromatic nitrogens is 2. The molecule has 1 unspecified atom stereocenters. The average Bonchev–Trinajstić information content (AvgIpc) is 3.00. The van der Waals surface area contributed by atoms with Gasteiger partial charge < -0.3 is 5.32 Å². The summed E-state index contributed by atoms with van der Waals surface area (Å²) in [7, 11) is 0. The number of para-hydroxylation sites is 1. The van der Waals surface area contributed by atoms with E-state index in [-0.39, 0.29) is 11.6 Å². The van der Waals surface area contributed by atoms with E-state index < -0.39 is 10.8 Å². The molecule has 0 saturated heterocycles. The summed E-state index contributed by atoms with van der Waals surface area (Å²) < 4.78 is 0. The molecule has 1 aliphatic heterocycles. The van der Waals surface area contributed by atoms with Crippen molar-refractivity contribution in [3.05, 3.63) is 63.0 Å². The number of allylic oxidation sites excluding steroid dienone is 2. The number of benzene rings is 1. The highest BCUT2D eigenvalue weighted by molar-refractivity contribution is 5.66. The Morgan fingerprint density at radius 3 is 2.74 bits per heavy atom. The van der Waals surface area contributed by atoms with Crippen LogP contribution in [0.3, 0.4) is 0 Å². The highest BCUT2D eigenvalue weighted by Gasteiger charge is 2.35.